The maximum absolute atomic E-state index is 3.44. The molecule has 0 spiro atoms. The molecule has 0 radical (unpaired) electrons. The Labute approximate surface area is 99.9 Å². The van der Waals surface area contributed by atoms with E-state index in [1.165, 1.54) is 28.7 Å². The number of rotatable bonds is 1. The Bertz CT molecular complexity index is 469. The minimum absolute atomic E-state index is 1.10. The molecule has 1 aromatic heterocycles. The fraction of sp³-hybridized carbons (Fsp3) is 0.385. The second-order valence-electron chi connectivity index (χ2n) is 4.23. The molecule has 0 amide bonds. The number of benzene rings is 1. The van der Waals surface area contributed by atoms with Crippen LogP contribution >= 0.6 is 11.3 Å². The van der Waals surface area contributed by atoms with Crippen molar-refractivity contribution in [3.8, 4) is 0 Å². The average Bonchev–Trinajstić information content (AvgIpc) is 2.61. The second-order valence-corrected chi connectivity index (χ2v) is 5.18. The smallest absolute Gasteiger partial charge is 0.0373 e. The highest BCUT2D eigenvalue weighted by Crippen LogP contribution is 2.26. The number of fused-ring (bicyclic) bond motifs is 1. The van der Waals surface area contributed by atoms with Crippen LogP contribution in [-0.2, 0) is 0 Å². The fourth-order valence-electron chi connectivity index (χ4n) is 2.25. The van der Waals surface area contributed by atoms with Crippen LogP contribution in [0, 0.1) is 0 Å². The molecular weight excluding hydrogens is 216 g/mol. The monoisotopic (exact) mass is 232 g/mol. The first-order chi connectivity index (χ1) is 7.93. The van der Waals surface area contributed by atoms with Crippen LogP contribution in [0.15, 0.2) is 29.6 Å². The summed E-state index contributed by atoms with van der Waals surface area (Å²) >= 11 is 1.82. The maximum atomic E-state index is 3.44. The third-order valence-electron chi connectivity index (χ3n) is 3.14. The lowest BCUT2D eigenvalue weighted by molar-refractivity contribution is 0.724. The fourth-order valence-corrected chi connectivity index (χ4v) is 3.03. The zero-order valence-electron chi connectivity index (χ0n) is 9.28. The summed E-state index contributed by atoms with van der Waals surface area (Å²) in [6, 6.07) is 9.02. The van der Waals surface area contributed by atoms with Gasteiger partial charge in [0.15, 0.2) is 0 Å². The molecular formula is C13H16N2S. The number of anilines is 1. The van der Waals surface area contributed by atoms with Gasteiger partial charge < -0.3 is 10.2 Å². The SMILES string of the molecule is c1cc2cc(N3CCCNCC3)ccc2s1. The lowest BCUT2D eigenvalue weighted by Gasteiger charge is -2.22. The molecule has 1 fully saturated rings. The summed E-state index contributed by atoms with van der Waals surface area (Å²) in [7, 11) is 0. The Morgan fingerprint density at radius 1 is 1.12 bits per heavy atom. The summed E-state index contributed by atoms with van der Waals surface area (Å²) in [5.74, 6) is 0. The highest BCUT2D eigenvalue weighted by Gasteiger charge is 2.09. The third-order valence-corrected chi connectivity index (χ3v) is 4.04. The quantitative estimate of drug-likeness (QED) is 0.813. The molecule has 0 saturated carbocycles. The van der Waals surface area contributed by atoms with E-state index in [4.69, 9.17) is 0 Å². The van der Waals surface area contributed by atoms with Crippen LogP contribution in [0.3, 0.4) is 0 Å². The molecule has 1 aliphatic rings. The van der Waals surface area contributed by atoms with Gasteiger partial charge in [-0.2, -0.15) is 0 Å². The highest BCUT2D eigenvalue weighted by molar-refractivity contribution is 7.17. The maximum Gasteiger partial charge on any atom is 0.0373 e. The van der Waals surface area contributed by atoms with Crippen molar-refractivity contribution in [2.75, 3.05) is 31.1 Å². The molecule has 0 unspecified atom stereocenters. The van der Waals surface area contributed by atoms with Gasteiger partial charge in [0, 0.05) is 30.0 Å². The lowest BCUT2D eigenvalue weighted by atomic mass is 10.2. The van der Waals surface area contributed by atoms with E-state index in [1.807, 2.05) is 11.3 Å². The van der Waals surface area contributed by atoms with E-state index in [1.54, 1.807) is 0 Å². The molecule has 16 heavy (non-hydrogen) atoms. The van der Waals surface area contributed by atoms with Crippen LogP contribution in [0.5, 0.6) is 0 Å². The van der Waals surface area contributed by atoms with Crippen molar-refractivity contribution in [2.45, 2.75) is 6.42 Å². The molecule has 0 bridgehead atoms. The van der Waals surface area contributed by atoms with Crippen molar-refractivity contribution < 1.29 is 0 Å². The van der Waals surface area contributed by atoms with Crippen molar-refractivity contribution >= 4 is 27.1 Å². The van der Waals surface area contributed by atoms with Crippen LogP contribution in [-0.4, -0.2) is 26.2 Å². The van der Waals surface area contributed by atoms with Crippen molar-refractivity contribution in [1.29, 1.82) is 0 Å². The molecule has 84 valence electrons. The molecule has 0 atom stereocenters. The first kappa shape index (κ1) is 10.1. The molecule has 2 nitrogen and oxygen atoms in total. The van der Waals surface area contributed by atoms with Crippen molar-refractivity contribution in [3.63, 3.8) is 0 Å². The van der Waals surface area contributed by atoms with Crippen LogP contribution in [0.25, 0.3) is 10.1 Å². The van der Waals surface area contributed by atoms with Crippen LogP contribution in [0.2, 0.25) is 0 Å². The summed E-state index contributed by atoms with van der Waals surface area (Å²) in [6.45, 7) is 4.54. The molecule has 2 aromatic rings. The Morgan fingerprint density at radius 3 is 3.12 bits per heavy atom. The van der Waals surface area contributed by atoms with E-state index in [9.17, 15) is 0 Å². The summed E-state index contributed by atoms with van der Waals surface area (Å²) in [5.41, 5.74) is 1.37. The topological polar surface area (TPSA) is 15.3 Å². The first-order valence-electron chi connectivity index (χ1n) is 5.86. The number of nitrogens with zero attached hydrogens (tertiary/aromatic N) is 1. The summed E-state index contributed by atoms with van der Waals surface area (Å²) < 4.78 is 1.39. The van der Waals surface area contributed by atoms with Gasteiger partial charge in [0.05, 0.1) is 0 Å². The number of hydrogen-bond acceptors (Lipinski definition) is 3. The van der Waals surface area contributed by atoms with Gasteiger partial charge in [-0.15, -0.1) is 11.3 Å². The Balaban J connectivity index is 1.91. The van der Waals surface area contributed by atoms with Crippen LogP contribution in [0.4, 0.5) is 5.69 Å². The lowest BCUT2D eigenvalue weighted by Crippen LogP contribution is -2.27. The third kappa shape index (κ3) is 1.93. The zero-order valence-corrected chi connectivity index (χ0v) is 10.1. The van der Waals surface area contributed by atoms with Crippen molar-refractivity contribution in [1.82, 2.24) is 5.32 Å². The van der Waals surface area contributed by atoms with Crippen molar-refractivity contribution in [2.24, 2.45) is 0 Å². The van der Waals surface area contributed by atoms with Gasteiger partial charge in [-0.05, 0) is 48.0 Å². The molecule has 1 aromatic carbocycles. The molecule has 3 heteroatoms. The van der Waals surface area contributed by atoms with Gasteiger partial charge in [-0.1, -0.05) is 0 Å². The molecule has 0 aliphatic carbocycles. The van der Waals surface area contributed by atoms with Crippen molar-refractivity contribution in [3.05, 3.63) is 29.6 Å². The van der Waals surface area contributed by atoms with E-state index in [2.05, 4.69) is 39.9 Å². The number of thiophene rings is 1. The van der Waals surface area contributed by atoms with Gasteiger partial charge in [0.1, 0.15) is 0 Å². The van der Waals surface area contributed by atoms with E-state index in [0.717, 1.165) is 19.6 Å². The molecule has 1 saturated heterocycles. The van der Waals surface area contributed by atoms with Gasteiger partial charge in [0.2, 0.25) is 0 Å². The predicted octanol–water partition coefficient (Wildman–Crippen LogP) is 2.70. The minimum Gasteiger partial charge on any atom is -0.370 e. The Morgan fingerprint density at radius 2 is 2.12 bits per heavy atom. The number of nitrogens with one attached hydrogen (secondary N) is 1. The van der Waals surface area contributed by atoms with Gasteiger partial charge in [-0.3, -0.25) is 0 Å². The number of hydrogen-bond donors (Lipinski definition) is 1. The molecule has 1 aliphatic heterocycles. The van der Waals surface area contributed by atoms with E-state index in [0.29, 0.717) is 0 Å². The minimum atomic E-state index is 1.10. The van der Waals surface area contributed by atoms with Crippen LogP contribution in [0.1, 0.15) is 6.42 Å². The Kier molecular flexibility index (Phi) is 2.80. The molecule has 3 rings (SSSR count). The second kappa shape index (κ2) is 4.44. The van der Waals surface area contributed by atoms with E-state index >= 15 is 0 Å². The van der Waals surface area contributed by atoms with Gasteiger partial charge >= 0.3 is 0 Å². The normalized spacial score (nSPS) is 17.6. The largest absolute Gasteiger partial charge is 0.370 e. The zero-order chi connectivity index (χ0) is 10.8. The van der Waals surface area contributed by atoms with Gasteiger partial charge in [-0.25, -0.2) is 0 Å². The predicted molar refractivity (Wildman–Crippen MR) is 71.5 cm³/mol. The van der Waals surface area contributed by atoms with Crippen LogP contribution < -0.4 is 10.2 Å². The first-order valence-corrected chi connectivity index (χ1v) is 6.74. The molecule has 2 heterocycles. The van der Waals surface area contributed by atoms with E-state index < -0.39 is 0 Å². The standard InChI is InChI=1S/C13H16N2S/c1-5-14-6-8-15(7-1)12-2-3-13-11(10-12)4-9-16-13/h2-4,9-10,14H,1,5-8H2. The average molecular weight is 232 g/mol. The van der Waals surface area contributed by atoms with Gasteiger partial charge in [0.25, 0.3) is 0 Å². The summed E-state index contributed by atoms with van der Waals surface area (Å²) in [5, 5.41) is 6.98. The molecule has 1 N–H and O–H groups in total. The summed E-state index contributed by atoms with van der Waals surface area (Å²) in [4.78, 5) is 2.48. The Hall–Kier alpha value is -1.06. The highest BCUT2D eigenvalue weighted by atomic mass is 32.1. The summed E-state index contributed by atoms with van der Waals surface area (Å²) in [6.07, 6.45) is 1.24. The van der Waals surface area contributed by atoms with E-state index in [-0.39, 0.29) is 0 Å².